The number of phenols is 2. The molecule has 8 nitrogen and oxygen atoms in total. The number of rotatable bonds is 7. The molecule has 4 N–H and O–H groups in total. The molecule has 0 radical (unpaired) electrons. The molecule has 0 aliphatic carbocycles. The van der Waals surface area contributed by atoms with Crippen LogP contribution >= 0.6 is 22.7 Å². The molecule has 0 amide bonds. The molecule has 0 spiro atoms. The standard InChI is InChI=1S/C32H20N2O6S2/c35-27-11-9-17-5-1-3-7-19(17)21(27)13-23(31(37)38)25-15-41-29(33-25)30-34-26(16-42-30)24(32(39)40)14-22-20-8-4-2-6-18(20)10-12-28(22)36/h1-16,35-36H,(H,37,38)(H,39,40)/b23-13+,24-14+. The molecule has 10 heteroatoms. The molecule has 0 bridgehead atoms. The summed E-state index contributed by atoms with van der Waals surface area (Å²) in [4.78, 5) is 33.5. The highest BCUT2D eigenvalue weighted by atomic mass is 32.1. The molecule has 6 rings (SSSR count). The van der Waals surface area contributed by atoms with Crippen molar-refractivity contribution in [1.82, 2.24) is 9.97 Å². The zero-order valence-corrected chi connectivity index (χ0v) is 23.2. The lowest BCUT2D eigenvalue weighted by atomic mass is 10.0. The summed E-state index contributed by atoms with van der Waals surface area (Å²) in [5.74, 6) is -2.55. The van der Waals surface area contributed by atoms with Crippen LogP contribution in [0.4, 0.5) is 0 Å². The van der Waals surface area contributed by atoms with Crippen molar-refractivity contribution in [3.8, 4) is 21.5 Å². The Balaban J connectivity index is 1.38. The minimum atomic E-state index is -1.22. The molecule has 0 saturated heterocycles. The normalized spacial score (nSPS) is 12.2. The average molecular weight is 593 g/mol. The fraction of sp³-hybridized carbons (Fsp3) is 0. The number of hydrogen-bond acceptors (Lipinski definition) is 8. The molecule has 0 atom stereocenters. The van der Waals surface area contributed by atoms with Crippen LogP contribution in [0.25, 0.3) is 54.9 Å². The molecule has 0 saturated carbocycles. The van der Waals surface area contributed by atoms with Gasteiger partial charge >= 0.3 is 11.9 Å². The minimum Gasteiger partial charge on any atom is -0.507 e. The Bertz CT molecular complexity index is 1940. The monoisotopic (exact) mass is 592 g/mol. The van der Waals surface area contributed by atoms with Crippen molar-refractivity contribution in [2.75, 3.05) is 0 Å². The molecular weight excluding hydrogens is 572 g/mol. The van der Waals surface area contributed by atoms with Crippen molar-refractivity contribution < 1.29 is 30.0 Å². The number of benzene rings is 4. The highest BCUT2D eigenvalue weighted by Crippen LogP contribution is 2.36. The lowest BCUT2D eigenvalue weighted by molar-refractivity contribution is -0.131. The molecule has 2 aromatic heterocycles. The number of phenolic OH excluding ortho intramolecular Hbond substituents is 2. The summed E-state index contributed by atoms with van der Waals surface area (Å²) >= 11 is 2.34. The van der Waals surface area contributed by atoms with Gasteiger partial charge in [0.25, 0.3) is 0 Å². The average Bonchev–Trinajstić information content (AvgIpc) is 3.66. The second kappa shape index (κ2) is 10.9. The Kier molecular flexibility index (Phi) is 6.99. The number of carboxylic acids is 2. The fourth-order valence-corrected chi connectivity index (χ4v) is 6.33. The van der Waals surface area contributed by atoms with E-state index in [2.05, 4.69) is 9.97 Å². The van der Waals surface area contributed by atoms with Crippen LogP contribution in [0, 0.1) is 0 Å². The summed E-state index contributed by atoms with van der Waals surface area (Å²) in [7, 11) is 0. The molecular formula is C32H20N2O6S2. The van der Waals surface area contributed by atoms with Gasteiger partial charge in [0.15, 0.2) is 10.0 Å². The topological polar surface area (TPSA) is 141 Å². The third kappa shape index (κ3) is 5.00. The van der Waals surface area contributed by atoms with E-state index in [0.29, 0.717) is 31.9 Å². The number of aromatic nitrogens is 2. The number of aromatic hydroxyl groups is 2. The summed E-state index contributed by atoms with van der Waals surface area (Å²) in [5.41, 5.74) is 0.869. The van der Waals surface area contributed by atoms with Crippen LogP contribution in [0.5, 0.6) is 11.5 Å². The highest BCUT2D eigenvalue weighted by molar-refractivity contribution is 7.19. The van der Waals surface area contributed by atoms with E-state index in [0.717, 1.165) is 10.8 Å². The molecule has 0 unspecified atom stereocenters. The number of aliphatic carboxylic acids is 2. The second-order valence-electron chi connectivity index (χ2n) is 9.24. The van der Waals surface area contributed by atoms with Gasteiger partial charge in [-0.1, -0.05) is 60.7 Å². The fourth-order valence-electron chi connectivity index (χ4n) is 4.64. The smallest absolute Gasteiger partial charge is 0.337 e. The van der Waals surface area contributed by atoms with Crippen LogP contribution in [0.15, 0.2) is 83.6 Å². The Morgan fingerprint density at radius 1 is 0.595 bits per heavy atom. The van der Waals surface area contributed by atoms with Crippen molar-refractivity contribution in [2.24, 2.45) is 0 Å². The van der Waals surface area contributed by atoms with E-state index in [4.69, 9.17) is 0 Å². The van der Waals surface area contributed by atoms with E-state index in [1.807, 2.05) is 36.4 Å². The molecule has 6 aromatic rings. The van der Waals surface area contributed by atoms with Gasteiger partial charge in [-0.25, -0.2) is 19.6 Å². The number of nitrogens with zero attached hydrogens (tertiary/aromatic N) is 2. The number of hydrogen-bond donors (Lipinski definition) is 4. The van der Waals surface area contributed by atoms with E-state index in [9.17, 15) is 30.0 Å². The van der Waals surface area contributed by atoms with Crippen molar-refractivity contribution in [2.45, 2.75) is 0 Å². The van der Waals surface area contributed by atoms with E-state index in [-0.39, 0.29) is 34.0 Å². The number of carboxylic acid groups (broad SMARTS) is 2. The zero-order chi connectivity index (χ0) is 29.4. The van der Waals surface area contributed by atoms with Gasteiger partial charge in [0.1, 0.15) is 11.5 Å². The maximum atomic E-state index is 12.3. The molecule has 0 aliphatic rings. The van der Waals surface area contributed by atoms with Crippen LogP contribution in [0.2, 0.25) is 0 Å². The summed E-state index contributed by atoms with van der Waals surface area (Å²) < 4.78 is 0. The van der Waals surface area contributed by atoms with Crippen molar-refractivity contribution >= 4 is 79.5 Å². The van der Waals surface area contributed by atoms with Crippen molar-refractivity contribution in [1.29, 1.82) is 0 Å². The van der Waals surface area contributed by atoms with Crippen molar-refractivity contribution in [3.05, 3.63) is 106 Å². The first-order chi connectivity index (χ1) is 20.3. The van der Waals surface area contributed by atoms with Crippen molar-refractivity contribution in [3.63, 3.8) is 0 Å². The van der Waals surface area contributed by atoms with Gasteiger partial charge in [-0.15, -0.1) is 22.7 Å². The SMILES string of the molecule is O=C(O)/C(=C/c1c(O)ccc2ccccc12)c1csc(-c2nc(/C(=C\c3c(O)ccc4ccccc34)C(=O)O)cs2)n1. The highest BCUT2D eigenvalue weighted by Gasteiger charge is 2.21. The van der Waals surface area contributed by atoms with Gasteiger partial charge in [-0.2, -0.15) is 0 Å². The maximum Gasteiger partial charge on any atom is 0.337 e. The zero-order valence-electron chi connectivity index (χ0n) is 21.6. The predicted octanol–water partition coefficient (Wildman–Crippen LogP) is 7.23. The van der Waals surface area contributed by atoms with Gasteiger partial charge < -0.3 is 20.4 Å². The minimum absolute atomic E-state index is 0.0577. The van der Waals surface area contributed by atoms with E-state index in [1.165, 1.54) is 47.0 Å². The largest absolute Gasteiger partial charge is 0.507 e. The Labute approximate surface area is 246 Å². The maximum absolute atomic E-state index is 12.3. The summed E-state index contributed by atoms with van der Waals surface area (Å²) in [5, 5.41) is 48.1. The molecule has 206 valence electrons. The quantitative estimate of drug-likeness (QED) is 0.142. The van der Waals surface area contributed by atoms with Crippen LogP contribution in [-0.4, -0.2) is 42.3 Å². The lowest BCUT2D eigenvalue weighted by Gasteiger charge is -2.07. The van der Waals surface area contributed by atoms with Gasteiger partial charge in [-0.3, -0.25) is 0 Å². The van der Waals surface area contributed by atoms with Gasteiger partial charge in [0, 0.05) is 21.9 Å². The summed E-state index contributed by atoms with van der Waals surface area (Å²) in [6.07, 6.45) is 2.79. The van der Waals surface area contributed by atoms with E-state index in [1.54, 1.807) is 35.0 Å². The van der Waals surface area contributed by atoms with Crippen LogP contribution in [0.3, 0.4) is 0 Å². The molecule has 0 aliphatic heterocycles. The van der Waals surface area contributed by atoms with E-state index < -0.39 is 11.9 Å². The van der Waals surface area contributed by atoms with Crippen LogP contribution in [-0.2, 0) is 9.59 Å². The predicted molar refractivity (Wildman–Crippen MR) is 165 cm³/mol. The van der Waals surface area contributed by atoms with Gasteiger partial charge in [0.05, 0.1) is 22.5 Å². The Hall–Kier alpha value is -5.32. The number of carbonyl (C=O) groups is 2. The summed E-state index contributed by atoms with van der Waals surface area (Å²) in [6, 6.07) is 21.2. The third-order valence-corrected chi connectivity index (χ3v) is 8.50. The number of thiazole rings is 2. The van der Waals surface area contributed by atoms with Crippen LogP contribution in [0.1, 0.15) is 22.5 Å². The molecule has 0 fully saturated rings. The first kappa shape index (κ1) is 26.9. The van der Waals surface area contributed by atoms with Gasteiger partial charge in [0.2, 0.25) is 0 Å². The Morgan fingerprint density at radius 3 is 1.40 bits per heavy atom. The molecule has 42 heavy (non-hydrogen) atoms. The second-order valence-corrected chi connectivity index (χ2v) is 11.0. The van der Waals surface area contributed by atoms with E-state index >= 15 is 0 Å². The third-order valence-electron chi connectivity index (χ3n) is 6.68. The Morgan fingerprint density at radius 2 is 1.00 bits per heavy atom. The van der Waals surface area contributed by atoms with Gasteiger partial charge in [-0.05, 0) is 45.8 Å². The molecule has 4 aromatic carbocycles. The molecule has 2 heterocycles. The first-order valence-electron chi connectivity index (χ1n) is 12.5. The number of fused-ring (bicyclic) bond motifs is 2. The summed E-state index contributed by atoms with van der Waals surface area (Å²) in [6.45, 7) is 0. The first-order valence-corrected chi connectivity index (χ1v) is 14.3. The van der Waals surface area contributed by atoms with Crippen LogP contribution < -0.4 is 0 Å². The lowest BCUT2D eigenvalue weighted by Crippen LogP contribution is -2.01.